The van der Waals surface area contributed by atoms with Crippen LogP contribution in [0.5, 0.6) is 11.5 Å². The molecule has 2 aromatic carbocycles. The third kappa shape index (κ3) is 2.49. The van der Waals surface area contributed by atoms with Crippen molar-refractivity contribution in [2.75, 3.05) is 14.2 Å². The molecule has 0 atom stereocenters. The zero-order chi connectivity index (χ0) is 14.8. The molecule has 0 fully saturated rings. The van der Waals surface area contributed by atoms with E-state index in [1.807, 2.05) is 18.2 Å². The summed E-state index contributed by atoms with van der Waals surface area (Å²) in [5.74, 6) is 1.83. The number of hydrogen-bond acceptors (Lipinski definition) is 3. The van der Waals surface area contributed by atoms with Crippen molar-refractivity contribution in [2.45, 2.75) is 13.3 Å². The molecule has 1 heterocycles. The van der Waals surface area contributed by atoms with Gasteiger partial charge in [0.05, 0.1) is 18.9 Å². The summed E-state index contributed by atoms with van der Waals surface area (Å²) >= 11 is 1.79. The van der Waals surface area contributed by atoms with Crippen molar-refractivity contribution in [1.29, 1.82) is 0 Å². The SMILES string of the molecule is COc1ccc(OC)c2c(C)c(Cc3ccccc3)sc12. The molecule has 0 amide bonds. The molecule has 3 heteroatoms. The second-order valence-electron chi connectivity index (χ2n) is 4.99. The first-order chi connectivity index (χ1) is 10.2. The monoisotopic (exact) mass is 298 g/mol. The first kappa shape index (κ1) is 14.0. The highest BCUT2D eigenvalue weighted by atomic mass is 32.1. The minimum atomic E-state index is 0.915. The van der Waals surface area contributed by atoms with Crippen molar-refractivity contribution in [3.8, 4) is 11.5 Å². The van der Waals surface area contributed by atoms with Crippen molar-refractivity contribution in [3.05, 3.63) is 58.5 Å². The Morgan fingerprint density at radius 2 is 1.57 bits per heavy atom. The van der Waals surface area contributed by atoms with Crippen LogP contribution in [0.25, 0.3) is 10.1 Å². The Morgan fingerprint density at radius 1 is 0.905 bits per heavy atom. The molecular weight excluding hydrogens is 280 g/mol. The first-order valence-corrected chi connectivity index (χ1v) is 7.73. The lowest BCUT2D eigenvalue weighted by Gasteiger charge is -2.06. The van der Waals surface area contributed by atoms with Gasteiger partial charge in [-0.25, -0.2) is 0 Å². The summed E-state index contributed by atoms with van der Waals surface area (Å²) in [6.07, 6.45) is 0.943. The highest BCUT2D eigenvalue weighted by Crippen LogP contribution is 2.42. The second-order valence-corrected chi connectivity index (χ2v) is 6.09. The molecule has 21 heavy (non-hydrogen) atoms. The van der Waals surface area contributed by atoms with E-state index in [4.69, 9.17) is 9.47 Å². The number of ether oxygens (including phenoxy) is 2. The van der Waals surface area contributed by atoms with Gasteiger partial charge in [0.2, 0.25) is 0 Å². The fraction of sp³-hybridized carbons (Fsp3) is 0.222. The molecule has 108 valence electrons. The summed E-state index contributed by atoms with van der Waals surface area (Å²) in [6.45, 7) is 2.17. The van der Waals surface area contributed by atoms with Gasteiger partial charge in [-0.05, 0) is 30.2 Å². The zero-order valence-corrected chi connectivity index (χ0v) is 13.3. The maximum atomic E-state index is 5.52. The van der Waals surface area contributed by atoms with Crippen LogP contribution in [0.1, 0.15) is 16.0 Å². The smallest absolute Gasteiger partial charge is 0.136 e. The Labute approximate surface area is 128 Å². The fourth-order valence-electron chi connectivity index (χ4n) is 2.62. The van der Waals surface area contributed by atoms with Crippen LogP contribution in [-0.2, 0) is 6.42 Å². The normalized spacial score (nSPS) is 10.8. The Hall–Kier alpha value is -2.00. The van der Waals surface area contributed by atoms with Crippen molar-refractivity contribution in [3.63, 3.8) is 0 Å². The van der Waals surface area contributed by atoms with Crippen LogP contribution in [-0.4, -0.2) is 14.2 Å². The standard InChI is InChI=1S/C18H18O2S/c1-12-16(11-13-7-5-4-6-8-13)21-18-15(20-3)10-9-14(19-2)17(12)18/h4-10H,11H2,1-3H3. The van der Waals surface area contributed by atoms with Gasteiger partial charge in [0.15, 0.2) is 0 Å². The van der Waals surface area contributed by atoms with E-state index >= 15 is 0 Å². The minimum Gasteiger partial charge on any atom is -0.496 e. The van der Waals surface area contributed by atoms with E-state index in [9.17, 15) is 0 Å². The van der Waals surface area contributed by atoms with Crippen molar-refractivity contribution >= 4 is 21.4 Å². The highest BCUT2D eigenvalue weighted by Gasteiger charge is 2.16. The molecule has 0 N–H and O–H groups in total. The van der Waals surface area contributed by atoms with Gasteiger partial charge < -0.3 is 9.47 Å². The molecule has 3 rings (SSSR count). The lowest BCUT2D eigenvalue weighted by atomic mass is 10.1. The van der Waals surface area contributed by atoms with Crippen LogP contribution in [0.15, 0.2) is 42.5 Å². The molecule has 0 aliphatic heterocycles. The van der Waals surface area contributed by atoms with Crippen LogP contribution in [0.2, 0.25) is 0 Å². The van der Waals surface area contributed by atoms with Crippen molar-refractivity contribution in [2.24, 2.45) is 0 Å². The second kappa shape index (κ2) is 5.78. The Balaban J connectivity index is 2.14. The molecule has 0 radical (unpaired) electrons. The highest BCUT2D eigenvalue weighted by molar-refractivity contribution is 7.19. The lowest BCUT2D eigenvalue weighted by Crippen LogP contribution is -1.89. The van der Waals surface area contributed by atoms with Gasteiger partial charge in [-0.2, -0.15) is 0 Å². The fourth-order valence-corrected chi connectivity index (χ4v) is 3.97. The molecule has 2 nitrogen and oxygen atoms in total. The number of methoxy groups -OCH3 is 2. The van der Waals surface area contributed by atoms with Gasteiger partial charge in [0.25, 0.3) is 0 Å². The number of benzene rings is 2. The molecule has 0 saturated heterocycles. The summed E-state index contributed by atoms with van der Waals surface area (Å²) in [5.41, 5.74) is 2.61. The molecule has 0 aliphatic carbocycles. The topological polar surface area (TPSA) is 18.5 Å². The first-order valence-electron chi connectivity index (χ1n) is 6.91. The van der Waals surface area contributed by atoms with E-state index in [1.165, 1.54) is 26.1 Å². The van der Waals surface area contributed by atoms with Gasteiger partial charge in [0, 0.05) is 16.7 Å². The van der Waals surface area contributed by atoms with E-state index in [0.29, 0.717) is 0 Å². The van der Waals surface area contributed by atoms with E-state index in [1.54, 1.807) is 25.6 Å². The number of aryl methyl sites for hydroxylation is 1. The molecule has 0 aliphatic rings. The number of thiophene rings is 1. The van der Waals surface area contributed by atoms with Gasteiger partial charge in [-0.15, -0.1) is 11.3 Å². The summed E-state index contributed by atoms with van der Waals surface area (Å²) < 4.78 is 12.2. The summed E-state index contributed by atoms with van der Waals surface area (Å²) in [5, 5.41) is 1.17. The third-order valence-corrected chi connectivity index (χ3v) is 5.06. The van der Waals surface area contributed by atoms with Gasteiger partial charge >= 0.3 is 0 Å². The van der Waals surface area contributed by atoms with Gasteiger partial charge in [-0.3, -0.25) is 0 Å². The Morgan fingerprint density at radius 3 is 2.24 bits per heavy atom. The predicted octanol–water partition coefficient (Wildman–Crippen LogP) is 4.82. The minimum absolute atomic E-state index is 0.915. The summed E-state index contributed by atoms with van der Waals surface area (Å²) in [7, 11) is 3.43. The molecule has 0 spiro atoms. The molecule has 0 bridgehead atoms. The van der Waals surface area contributed by atoms with E-state index in [-0.39, 0.29) is 0 Å². The van der Waals surface area contributed by atoms with E-state index < -0.39 is 0 Å². The maximum Gasteiger partial charge on any atom is 0.136 e. The van der Waals surface area contributed by atoms with Crippen LogP contribution < -0.4 is 9.47 Å². The molecule has 0 saturated carbocycles. The van der Waals surface area contributed by atoms with Gasteiger partial charge in [0.1, 0.15) is 11.5 Å². The summed E-state index contributed by atoms with van der Waals surface area (Å²) in [4.78, 5) is 1.36. The number of fused-ring (bicyclic) bond motifs is 1. The summed E-state index contributed by atoms with van der Waals surface area (Å²) in [6, 6.07) is 14.5. The lowest BCUT2D eigenvalue weighted by molar-refractivity contribution is 0.411. The predicted molar refractivity (Wildman–Crippen MR) is 88.9 cm³/mol. The van der Waals surface area contributed by atoms with Crippen molar-refractivity contribution < 1.29 is 9.47 Å². The van der Waals surface area contributed by atoms with Gasteiger partial charge in [-0.1, -0.05) is 30.3 Å². The van der Waals surface area contributed by atoms with E-state index in [2.05, 4.69) is 31.2 Å². The quantitative estimate of drug-likeness (QED) is 0.687. The molecular formula is C18H18O2S. The van der Waals surface area contributed by atoms with Crippen LogP contribution in [0, 0.1) is 6.92 Å². The third-order valence-electron chi connectivity index (χ3n) is 3.75. The molecule has 3 aromatic rings. The largest absolute Gasteiger partial charge is 0.496 e. The van der Waals surface area contributed by atoms with E-state index in [0.717, 1.165) is 17.9 Å². The molecule has 1 aromatic heterocycles. The zero-order valence-electron chi connectivity index (χ0n) is 12.5. The maximum absolute atomic E-state index is 5.52. The van der Waals surface area contributed by atoms with Crippen LogP contribution in [0.4, 0.5) is 0 Å². The van der Waals surface area contributed by atoms with Crippen LogP contribution in [0.3, 0.4) is 0 Å². The number of hydrogen-bond donors (Lipinski definition) is 0. The van der Waals surface area contributed by atoms with Crippen molar-refractivity contribution in [1.82, 2.24) is 0 Å². The molecule has 0 unspecified atom stereocenters. The number of rotatable bonds is 4. The average molecular weight is 298 g/mol. The Kier molecular flexibility index (Phi) is 3.84. The average Bonchev–Trinajstić information content (AvgIpc) is 2.85. The Bertz CT molecular complexity index is 760. The van der Waals surface area contributed by atoms with Crippen LogP contribution >= 0.6 is 11.3 Å².